The van der Waals surface area contributed by atoms with Crippen molar-refractivity contribution in [2.24, 2.45) is 0 Å². The molecule has 0 aliphatic rings. The monoisotopic (exact) mass is 432 g/mol. The Bertz CT molecular complexity index is 1100. The van der Waals surface area contributed by atoms with Crippen LogP contribution in [-0.2, 0) is 27.1 Å². The molecule has 10 heteroatoms. The second kappa shape index (κ2) is 9.24. The van der Waals surface area contributed by atoms with Gasteiger partial charge in [-0.3, -0.25) is 0 Å². The van der Waals surface area contributed by atoms with Gasteiger partial charge in [0.2, 0.25) is 5.82 Å². The number of aromatic nitrogens is 2. The normalized spacial score (nSPS) is 11.5. The minimum atomic E-state index is -4.50. The molecule has 31 heavy (non-hydrogen) atoms. The van der Waals surface area contributed by atoms with Crippen molar-refractivity contribution in [3.63, 3.8) is 0 Å². The number of nitrogens with zero attached hydrogens (tertiary/aromatic N) is 2. The zero-order valence-electron chi connectivity index (χ0n) is 16.1. The summed E-state index contributed by atoms with van der Waals surface area (Å²) in [4.78, 5) is 27.2. The minimum absolute atomic E-state index is 0.0570. The van der Waals surface area contributed by atoms with Crippen LogP contribution in [0.1, 0.15) is 27.4 Å². The molecular weight excluding hydrogens is 417 g/mol. The lowest BCUT2D eigenvalue weighted by molar-refractivity contribution is -0.140. The molecular formula is C21H15F3N2O5. The molecule has 0 saturated carbocycles. The van der Waals surface area contributed by atoms with E-state index in [0.29, 0.717) is 11.1 Å². The molecule has 0 radical (unpaired) electrons. The maximum atomic E-state index is 12.8. The Balaban J connectivity index is 1.57. The van der Waals surface area contributed by atoms with Crippen molar-refractivity contribution in [3.05, 3.63) is 77.2 Å². The topological polar surface area (TPSA) is 91.5 Å². The summed E-state index contributed by atoms with van der Waals surface area (Å²) < 4.78 is 52.9. The lowest BCUT2D eigenvalue weighted by Gasteiger charge is -2.06. The van der Waals surface area contributed by atoms with Gasteiger partial charge in [-0.05, 0) is 35.9 Å². The average molecular weight is 432 g/mol. The largest absolute Gasteiger partial charge is 0.465 e. The van der Waals surface area contributed by atoms with E-state index < -0.39 is 23.7 Å². The molecule has 0 amide bonds. The summed E-state index contributed by atoms with van der Waals surface area (Å²) >= 11 is 0. The van der Waals surface area contributed by atoms with E-state index in [4.69, 9.17) is 9.26 Å². The minimum Gasteiger partial charge on any atom is -0.465 e. The number of alkyl halides is 3. The standard InChI is InChI=1S/C21H15F3N2O5/c1-29-20(28)14-8-5-13(6-9-14)7-10-18(27)30-12-17-25-19(26-31-17)15-3-2-4-16(11-15)21(22,23)24/h2-11H,12H2,1H3/b10-7+. The molecule has 0 atom stereocenters. The van der Waals surface area contributed by atoms with Crippen molar-refractivity contribution < 1.29 is 36.8 Å². The molecule has 160 valence electrons. The van der Waals surface area contributed by atoms with Gasteiger partial charge in [0.15, 0.2) is 6.61 Å². The summed E-state index contributed by atoms with van der Waals surface area (Å²) in [6.45, 7) is -0.351. The van der Waals surface area contributed by atoms with Crippen LogP contribution in [0.5, 0.6) is 0 Å². The van der Waals surface area contributed by atoms with E-state index >= 15 is 0 Å². The van der Waals surface area contributed by atoms with E-state index in [1.54, 1.807) is 24.3 Å². The fraction of sp³-hybridized carbons (Fsp3) is 0.143. The van der Waals surface area contributed by atoms with Crippen molar-refractivity contribution in [2.75, 3.05) is 7.11 Å². The van der Waals surface area contributed by atoms with Crippen LogP contribution < -0.4 is 0 Å². The van der Waals surface area contributed by atoms with Crippen molar-refractivity contribution >= 4 is 18.0 Å². The summed E-state index contributed by atoms with van der Waals surface area (Å²) in [6.07, 6.45) is -1.85. The van der Waals surface area contributed by atoms with E-state index in [1.165, 1.54) is 25.3 Å². The molecule has 0 saturated heterocycles. The molecule has 7 nitrogen and oxygen atoms in total. The molecule has 1 aromatic heterocycles. The van der Waals surface area contributed by atoms with Crippen LogP contribution in [0.25, 0.3) is 17.5 Å². The molecule has 1 heterocycles. The first-order valence-electron chi connectivity index (χ1n) is 8.79. The lowest BCUT2D eigenvalue weighted by Crippen LogP contribution is -2.04. The molecule has 0 N–H and O–H groups in total. The fourth-order valence-electron chi connectivity index (χ4n) is 2.46. The molecule has 0 unspecified atom stereocenters. The summed E-state index contributed by atoms with van der Waals surface area (Å²) in [7, 11) is 1.28. The molecule has 3 rings (SSSR count). The van der Waals surface area contributed by atoms with Crippen molar-refractivity contribution in [2.45, 2.75) is 12.8 Å². The van der Waals surface area contributed by atoms with Crippen LogP contribution in [-0.4, -0.2) is 29.2 Å². The number of halogens is 3. The van der Waals surface area contributed by atoms with Gasteiger partial charge < -0.3 is 14.0 Å². The Morgan fingerprint density at radius 3 is 2.55 bits per heavy atom. The summed E-state index contributed by atoms with van der Waals surface area (Å²) in [6, 6.07) is 10.8. The van der Waals surface area contributed by atoms with Crippen molar-refractivity contribution in [3.8, 4) is 11.4 Å². The Labute approximate surface area is 174 Å². The third kappa shape index (κ3) is 5.78. The Morgan fingerprint density at radius 1 is 1.13 bits per heavy atom. The number of benzene rings is 2. The maximum absolute atomic E-state index is 12.8. The van der Waals surface area contributed by atoms with Gasteiger partial charge in [-0.15, -0.1) is 0 Å². The highest BCUT2D eigenvalue weighted by molar-refractivity contribution is 5.90. The van der Waals surface area contributed by atoms with Crippen LogP contribution in [0.4, 0.5) is 13.2 Å². The first-order valence-corrected chi connectivity index (χ1v) is 8.79. The first-order chi connectivity index (χ1) is 14.8. The van der Waals surface area contributed by atoms with E-state index in [2.05, 4.69) is 14.9 Å². The molecule has 3 aromatic rings. The van der Waals surface area contributed by atoms with Crippen molar-refractivity contribution in [1.82, 2.24) is 10.1 Å². The first kappa shape index (κ1) is 21.8. The highest BCUT2D eigenvalue weighted by Gasteiger charge is 2.30. The van der Waals surface area contributed by atoms with Gasteiger partial charge in [0, 0.05) is 11.6 Å². The van der Waals surface area contributed by atoms with Gasteiger partial charge in [-0.2, -0.15) is 18.2 Å². The molecule has 0 bridgehead atoms. The number of ether oxygens (including phenoxy) is 2. The highest BCUT2D eigenvalue weighted by atomic mass is 19.4. The van der Waals surface area contributed by atoms with Crippen LogP contribution in [0.15, 0.2) is 59.1 Å². The van der Waals surface area contributed by atoms with Gasteiger partial charge in [0.25, 0.3) is 5.89 Å². The number of rotatable bonds is 6. The zero-order valence-corrected chi connectivity index (χ0v) is 16.1. The number of carbonyl (C=O) groups is 2. The number of esters is 2. The van der Waals surface area contributed by atoms with Gasteiger partial charge in [0.1, 0.15) is 0 Å². The van der Waals surface area contributed by atoms with Gasteiger partial charge in [-0.25, -0.2) is 9.59 Å². The van der Waals surface area contributed by atoms with E-state index in [0.717, 1.165) is 18.2 Å². The predicted octanol–water partition coefficient (Wildman–Crippen LogP) is 4.30. The third-order valence-corrected chi connectivity index (χ3v) is 4.00. The Hall–Kier alpha value is -3.95. The van der Waals surface area contributed by atoms with Crippen LogP contribution in [0, 0.1) is 0 Å². The number of carbonyl (C=O) groups excluding carboxylic acids is 2. The average Bonchev–Trinajstić information content (AvgIpc) is 3.25. The summed E-state index contributed by atoms with van der Waals surface area (Å²) in [5, 5.41) is 3.61. The smallest absolute Gasteiger partial charge is 0.416 e. The van der Waals surface area contributed by atoms with E-state index in [-0.39, 0.29) is 23.9 Å². The van der Waals surface area contributed by atoms with Crippen molar-refractivity contribution in [1.29, 1.82) is 0 Å². The fourth-order valence-corrected chi connectivity index (χ4v) is 2.46. The summed E-state index contributed by atoms with van der Waals surface area (Å²) in [5.74, 6) is -1.30. The predicted molar refractivity (Wildman–Crippen MR) is 101 cm³/mol. The van der Waals surface area contributed by atoms with Gasteiger partial charge in [0.05, 0.1) is 18.2 Å². The SMILES string of the molecule is COC(=O)c1ccc(/C=C/C(=O)OCc2nc(-c3cccc(C(F)(F)F)c3)no2)cc1. The van der Waals surface area contributed by atoms with Gasteiger partial charge >= 0.3 is 18.1 Å². The van der Waals surface area contributed by atoms with E-state index in [1.807, 2.05) is 0 Å². The second-order valence-electron chi connectivity index (χ2n) is 6.14. The Kier molecular flexibility index (Phi) is 6.49. The van der Waals surface area contributed by atoms with Crippen LogP contribution in [0.3, 0.4) is 0 Å². The molecule has 0 aliphatic carbocycles. The lowest BCUT2D eigenvalue weighted by atomic mass is 10.1. The Morgan fingerprint density at radius 2 is 1.87 bits per heavy atom. The molecule has 0 spiro atoms. The number of hydrogen-bond donors (Lipinski definition) is 0. The van der Waals surface area contributed by atoms with Crippen LogP contribution >= 0.6 is 0 Å². The second-order valence-corrected chi connectivity index (χ2v) is 6.14. The van der Waals surface area contributed by atoms with E-state index in [9.17, 15) is 22.8 Å². The third-order valence-electron chi connectivity index (χ3n) is 4.00. The molecule has 0 aliphatic heterocycles. The summed E-state index contributed by atoms with van der Waals surface area (Å²) in [5.41, 5.74) is 0.295. The molecule has 2 aromatic carbocycles. The highest BCUT2D eigenvalue weighted by Crippen LogP contribution is 2.31. The van der Waals surface area contributed by atoms with Gasteiger partial charge in [-0.1, -0.05) is 29.4 Å². The maximum Gasteiger partial charge on any atom is 0.416 e. The van der Waals surface area contributed by atoms with Crippen LogP contribution in [0.2, 0.25) is 0 Å². The number of hydrogen-bond acceptors (Lipinski definition) is 7. The number of methoxy groups -OCH3 is 1. The quantitative estimate of drug-likeness (QED) is 0.424. The molecule has 0 fully saturated rings. The zero-order chi connectivity index (χ0) is 22.4.